The fourth-order valence-electron chi connectivity index (χ4n) is 3.51. The van der Waals surface area contributed by atoms with Crippen molar-refractivity contribution in [1.82, 2.24) is 19.9 Å². The minimum atomic E-state index is 0.0134. The monoisotopic (exact) mass is 396 g/mol. The Balaban J connectivity index is 1.48. The summed E-state index contributed by atoms with van der Waals surface area (Å²) in [5.74, 6) is 1.64. The smallest absolute Gasteiger partial charge is 0.255 e. The van der Waals surface area contributed by atoms with Crippen molar-refractivity contribution in [1.29, 1.82) is 0 Å². The summed E-state index contributed by atoms with van der Waals surface area (Å²) in [4.78, 5) is 28.1. The summed E-state index contributed by atoms with van der Waals surface area (Å²) in [6.07, 6.45) is 4.55. The first-order valence-electron chi connectivity index (χ1n) is 9.58. The lowest BCUT2D eigenvalue weighted by atomic mass is 10.1. The van der Waals surface area contributed by atoms with Crippen molar-refractivity contribution in [3.05, 3.63) is 62.8 Å². The van der Waals surface area contributed by atoms with E-state index in [4.69, 9.17) is 4.74 Å². The lowest BCUT2D eigenvalue weighted by Gasteiger charge is -2.27. The minimum absolute atomic E-state index is 0.0134. The van der Waals surface area contributed by atoms with Gasteiger partial charge in [-0.05, 0) is 18.6 Å². The molecule has 0 bridgehead atoms. The van der Waals surface area contributed by atoms with Crippen LogP contribution in [-0.2, 0) is 25.9 Å². The van der Waals surface area contributed by atoms with Crippen molar-refractivity contribution in [2.75, 3.05) is 13.7 Å². The average molecular weight is 397 g/mol. The molecular formula is C21H24N4O2S. The molecule has 2 aromatic heterocycles. The van der Waals surface area contributed by atoms with Crippen LogP contribution in [0.3, 0.4) is 0 Å². The van der Waals surface area contributed by atoms with Gasteiger partial charge < -0.3 is 9.72 Å². The number of thiazole rings is 1. The Kier molecular flexibility index (Phi) is 5.54. The van der Waals surface area contributed by atoms with Crippen molar-refractivity contribution in [2.24, 2.45) is 0 Å². The van der Waals surface area contributed by atoms with Gasteiger partial charge in [-0.1, -0.05) is 19.1 Å². The number of H-pyrrole nitrogens is 1. The molecule has 6 nitrogen and oxygen atoms in total. The van der Waals surface area contributed by atoms with Crippen LogP contribution < -0.4 is 10.3 Å². The van der Waals surface area contributed by atoms with Crippen LogP contribution in [0.25, 0.3) is 10.6 Å². The maximum Gasteiger partial charge on any atom is 0.255 e. The molecule has 1 aliphatic rings. The molecule has 28 heavy (non-hydrogen) atoms. The molecule has 0 saturated carbocycles. The van der Waals surface area contributed by atoms with Gasteiger partial charge in [0.2, 0.25) is 0 Å². The summed E-state index contributed by atoms with van der Waals surface area (Å²) in [6.45, 7) is 4.42. The average Bonchev–Trinajstić information content (AvgIpc) is 3.17. The number of hydrogen-bond acceptors (Lipinski definition) is 6. The molecule has 3 heterocycles. The Morgan fingerprint density at radius 3 is 3.07 bits per heavy atom. The molecule has 0 saturated heterocycles. The van der Waals surface area contributed by atoms with Gasteiger partial charge >= 0.3 is 0 Å². The van der Waals surface area contributed by atoms with Crippen molar-refractivity contribution in [3.8, 4) is 16.3 Å². The second-order valence-corrected chi connectivity index (χ2v) is 8.13. The normalized spacial score (nSPS) is 14.1. The Labute approximate surface area is 168 Å². The van der Waals surface area contributed by atoms with Crippen LogP contribution in [0.5, 0.6) is 5.75 Å². The van der Waals surface area contributed by atoms with Gasteiger partial charge in [0, 0.05) is 49.1 Å². The highest BCUT2D eigenvalue weighted by Crippen LogP contribution is 2.29. The van der Waals surface area contributed by atoms with Crippen LogP contribution in [-0.4, -0.2) is 33.5 Å². The molecule has 0 spiro atoms. The number of benzene rings is 1. The van der Waals surface area contributed by atoms with Crippen molar-refractivity contribution in [2.45, 2.75) is 39.3 Å². The van der Waals surface area contributed by atoms with Crippen LogP contribution in [0.2, 0.25) is 0 Å². The zero-order valence-corrected chi connectivity index (χ0v) is 17.0. The largest absolute Gasteiger partial charge is 0.497 e. The third-order valence-corrected chi connectivity index (χ3v) is 5.96. The van der Waals surface area contributed by atoms with Gasteiger partial charge in [-0.25, -0.2) is 9.97 Å². The SMILES string of the molecule is CCCc1nc2c(c(=O)[nH]1)CN(Cc1cnc(-c3cccc(OC)c3)s1)CC2. The first-order valence-corrected chi connectivity index (χ1v) is 10.4. The number of ether oxygens (including phenoxy) is 1. The van der Waals surface area contributed by atoms with E-state index < -0.39 is 0 Å². The molecule has 0 atom stereocenters. The number of nitrogens with one attached hydrogen (secondary N) is 1. The van der Waals surface area contributed by atoms with E-state index in [1.54, 1.807) is 18.4 Å². The van der Waals surface area contributed by atoms with E-state index in [-0.39, 0.29) is 5.56 Å². The highest BCUT2D eigenvalue weighted by atomic mass is 32.1. The lowest BCUT2D eigenvalue weighted by molar-refractivity contribution is 0.243. The quantitative estimate of drug-likeness (QED) is 0.691. The van der Waals surface area contributed by atoms with E-state index in [0.29, 0.717) is 6.54 Å². The van der Waals surface area contributed by atoms with Gasteiger partial charge in [-0.3, -0.25) is 9.69 Å². The highest BCUT2D eigenvalue weighted by Gasteiger charge is 2.21. The highest BCUT2D eigenvalue weighted by molar-refractivity contribution is 7.15. The molecule has 1 aliphatic heterocycles. The molecule has 1 N–H and O–H groups in total. The number of aryl methyl sites for hydroxylation is 1. The summed E-state index contributed by atoms with van der Waals surface area (Å²) in [6, 6.07) is 7.95. The number of nitrogens with zero attached hydrogens (tertiary/aromatic N) is 3. The fourth-order valence-corrected chi connectivity index (χ4v) is 4.46. The van der Waals surface area contributed by atoms with E-state index in [2.05, 4.69) is 26.8 Å². The first-order chi connectivity index (χ1) is 13.7. The van der Waals surface area contributed by atoms with Crippen LogP contribution >= 0.6 is 11.3 Å². The molecule has 0 amide bonds. The fraction of sp³-hybridized carbons (Fsp3) is 0.381. The predicted octanol–water partition coefficient (Wildman–Crippen LogP) is 3.41. The summed E-state index contributed by atoms with van der Waals surface area (Å²) < 4.78 is 5.30. The van der Waals surface area contributed by atoms with Gasteiger partial charge in [0.05, 0.1) is 18.4 Å². The molecular weight excluding hydrogens is 372 g/mol. The summed E-state index contributed by atoms with van der Waals surface area (Å²) in [5.41, 5.74) is 2.84. The molecule has 7 heteroatoms. The van der Waals surface area contributed by atoms with Crippen molar-refractivity contribution < 1.29 is 4.74 Å². The number of hydrogen-bond donors (Lipinski definition) is 1. The summed E-state index contributed by atoms with van der Waals surface area (Å²) >= 11 is 1.68. The van der Waals surface area contributed by atoms with Crippen LogP contribution in [0.1, 0.15) is 35.3 Å². The molecule has 3 aromatic rings. The second kappa shape index (κ2) is 8.24. The predicted molar refractivity (Wildman–Crippen MR) is 111 cm³/mol. The van der Waals surface area contributed by atoms with Gasteiger partial charge in [-0.15, -0.1) is 11.3 Å². The van der Waals surface area contributed by atoms with E-state index >= 15 is 0 Å². The Morgan fingerprint density at radius 1 is 1.36 bits per heavy atom. The molecule has 0 unspecified atom stereocenters. The molecule has 4 rings (SSSR count). The van der Waals surface area contributed by atoms with Gasteiger partial charge in [0.15, 0.2) is 0 Å². The van der Waals surface area contributed by atoms with Crippen LogP contribution in [0.15, 0.2) is 35.3 Å². The number of fused-ring (bicyclic) bond motifs is 1. The zero-order valence-electron chi connectivity index (χ0n) is 16.2. The summed E-state index contributed by atoms with van der Waals surface area (Å²) in [7, 11) is 1.67. The second-order valence-electron chi connectivity index (χ2n) is 7.01. The standard InChI is InChI=1S/C21H24N4O2S/c1-3-5-19-23-18-8-9-25(13-17(18)20(26)24-19)12-16-11-22-21(28-16)14-6-4-7-15(10-14)27-2/h4,6-7,10-11H,3,5,8-9,12-13H2,1-2H3,(H,23,24,26). The maximum atomic E-state index is 12.5. The number of methoxy groups -OCH3 is 1. The Morgan fingerprint density at radius 2 is 2.25 bits per heavy atom. The van der Waals surface area contributed by atoms with Crippen LogP contribution in [0, 0.1) is 0 Å². The van der Waals surface area contributed by atoms with Gasteiger partial charge in [-0.2, -0.15) is 0 Å². The Hall–Kier alpha value is -2.51. The summed E-state index contributed by atoms with van der Waals surface area (Å²) in [5, 5.41) is 0.982. The Bertz CT molecular complexity index is 1030. The van der Waals surface area contributed by atoms with Crippen LogP contribution in [0.4, 0.5) is 0 Å². The van der Waals surface area contributed by atoms with Crippen molar-refractivity contribution in [3.63, 3.8) is 0 Å². The molecule has 0 fully saturated rings. The molecule has 146 valence electrons. The van der Waals surface area contributed by atoms with E-state index in [1.165, 1.54) is 4.88 Å². The van der Waals surface area contributed by atoms with Crippen molar-refractivity contribution >= 4 is 11.3 Å². The van der Waals surface area contributed by atoms with Gasteiger partial charge in [0.1, 0.15) is 16.6 Å². The van der Waals surface area contributed by atoms with E-state index in [9.17, 15) is 4.79 Å². The molecule has 1 aromatic carbocycles. The van der Waals surface area contributed by atoms with Gasteiger partial charge in [0.25, 0.3) is 5.56 Å². The number of aromatic amines is 1. The zero-order chi connectivity index (χ0) is 19.5. The number of aromatic nitrogens is 3. The number of rotatable bonds is 6. The molecule has 0 aliphatic carbocycles. The topological polar surface area (TPSA) is 71.1 Å². The van der Waals surface area contributed by atoms with E-state index in [1.807, 2.05) is 30.5 Å². The third kappa shape index (κ3) is 4.00. The lowest BCUT2D eigenvalue weighted by Crippen LogP contribution is -2.35. The maximum absolute atomic E-state index is 12.5. The molecule has 0 radical (unpaired) electrons. The van der Waals surface area contributed by atoms with E-state index in [0.717, 1.165) is 65.8 Å². The third-order valence-electron chi connectivity index (χ3n) is 4.93. The minimum Gasteiger partial charge on any atom is -0.497 e. The first kappa shape index (κ1) is 18.8.